The van der Waals surface area contributed by atoms with E-state index in [9.17, 15) is 9.59 Å². The summed E-state index contributed by atoms with van der Waals surface area (Å²) in [6.07, 6.45) is 0. The molecule has 2 aromatic carbocycles. The second-order valence-corrected chi connectivity index (χ2v) is 7.06. The molecule has 0 bridgehead atoms. The Morgan fingerprint density at radius 3 is 2.52 bits per heavy atom. The van der Waals surface area contributed by atoms with Crippen LogP contribution in [0.5, 0.6) is 11.5 Å². The van der Waals surface area contributed by atoms with Crippen LogP contribution in [-0.4, -0.2) is 42.9 Å². The molecule has 0 aliphatic carbocycles. The van der Waals surface area contributed by atoms with E-state index in [-0.39, 0.29) is 5.91 Å². The van der Waals surface area contributed by atoms with Crippen LogP contribution < -0.4 is 14.4 Å². The highest BCUT2D eigenvalue weighted by Gasteiger charge is 2.43. The van der Waals surface area contributed by atoms with Gasteiger partial charge in [0.25, 0.3) is 5.91 Å². The van der Waals surface area contributed by atoms with E-state index in [1.165, 1.54) is 0 Å². The van der Waals surface area contributed by atoms with Gasteiger partial charge in [0, 0.05) is 28.6 Å². The summed E-state index contributed by atoms with van der Waals surface area (Å²) in [6, 6.07) is 11.8. The number of rotatable bonds is 6. The fraction of sp³-hybridized carbons (Fsp3) is 0.261. The van der Waals surface area contributed by atoms with E-state index >= 15 is 0 Å². The predicted octanol–water partition coefficient (Wildman–Crippen LogP) is 3.66. The molecule has 0 spiro atoms. The Labute approximate surface area is 179 Å². The molecular weight excluding hydrogens is 398 g/mol. The van der Waals surface area contributed by atoms with E-state index in [0.29, 0.717) is 35.1 Å². The van der Waals surface area contributed by atoms with E-state index in [1.54, 1.807) is 56.4 Å². The number of esters is 1. The van der Waals surface area contributed by atoms with Gasteiger partial charge in [0.05, 0.1) is 32.4 Å². The van der Waals surface area contributed by atoms with Gasteiger partial charge in [0.2, 0.25) is 0 Å². The average molecular weight is 421 g/mol. The summed E-state index contributed by atoms with van der Waals surface area (Å²) in [5, 5.41) is 7.15. The topological polar surface area (TPSA) is 93.8 Å². The van der Waals surface area contributed by atoms with Crippen LogP contribution in [0.1, 0.15) is 50.6 Å². The van der Waals surface area contributed by atoms with Gasteiger partial charge in [0.1, 0.15) is 11.5 Å². The van der Waals surface area contributed by atoms with E-state index in [4.69, 9.17) is 14.2 Å². The lowest BCUT2D eigenvalue weighted by molar-refractivity contribution is 0.0526. The highest BCUT2D eigenvalue weighted by atomic mass is 16.5. The lowest BCUT2D eigenvalue weighted by Crippen LogP contribution is -2.29. The number of aromatic nitrogens is 2. The van der Waals surface area contributed by atoms with Gasteiger partial charge < -0.3 is 14.2 Å². The van der Waals surface area contributed by atoms with Crippen molar-refractivity contribution in [1.29, 1.82) is 0 Å². The number of hydrogen-bond donors (Lipinski definition) is 1. The maximum Gasteiger partial charge on any atom is 0.338 e. The molecule has 1 aromatic heterocycles. The molecule has 8 heteroatoms. The first-order chi connectivity index (χ1) is 15.0. The number of aromatic amines is 1. The third kappa shape index (κ3) is 3.39. The van der Waals surface area contributed by atoms with Crippen LogP contribution >= 0.6 is 0 Å². The minimum Gasteiger partial charge on any atom is -0.497 e. The highest BCUT2D eigenvalue weighted by Crippen LogP contribution is 2.45. The molecule has 4 rings (SSSR count). The highest BCUT2D eigenvalue weighted by molar-refractivity contribution is 6.11. The van der Waals surface area contributed by atoms with Gasteiger partial charge in [-0.05, 0) is 50.2 Å². The molecule has 3 aromatic rings. The monoisotopic (exact) mass is 421 g/mol. The summed E-state index contributed by atoms with van der Waals surface area (Å²) >= 11 is 0. The number of fused-ring (bicyclic) bond motifs is 1. The first-order valence-corrected chi connectivity index (χ1v) is 9.87. The number of carbonyl (C=O) groups is 2. The number of benzene rings is 2. The van der Waals surface area contributed by atoms with Crippen LogP contribution in [0.2, 0.25) is 0 Å². The molecule has 0 saturated heterocycles. The summed E-state index contributed by atoms with van der Waals surface area (Å²) in [5.74, 6) is 0.614. The normalized spacial score (nSPS) is 15.0. The van der Waals surface area contributed by atoms with Crippen molar-refractivity contribution in [2.45, 2.75) is 19.9 Å². The summed E-state index contributed by atoms with van der Waals surface area (Å²) in [7, 11) is 3.17. The molecule has 0 radical (unpaired) electrons. The number of aryl methyl sites for hydroxylation is 1. The molecule has 31 heavy (non-hydrogen) atoms. The smallest absolute Gasteiger partial charge is 0.338 e. The van der Waals surface area contributed by atoms with Crippen LogP contribution in [0, 0.1) is 6.92 Å². The van der Waals surface area contributed by atoms with Crippen molar-refractivity contribution in [3.8, 4) is 11.5 Å². The Morgan fingerprint density at radius 1 is 1.13 bits per heavy atom. The first-order valence-electron chi connectivity index (χ1n) is 9.87. The molecule has 160 valence electrons. The van der Waals surface area contributed by atoms with E-state index in [1.807, 2.05) is 19.1 Å². The number of H-pyrrole nitrogens is 1. The van der Waals surface area contributed by atoms with Crippen LogP contribution in [0.15, 0.2) is 42.5 Å². The zero-order chi connectivity index (χ0) is 22.1. The van der Waals surface area contributed by atoms with E-state index in [2.05, 4.69) is 10.2 Å². The second kappa shape index (κ2) is 8.14. The molecule has 1 N–H and O–H groups in total. The number of nitrogens with one attached hydrogen (secondary N) is 1. The largest absolute Gasteiger partial charge is 0.497 e. The standard InChI is InChI=1S/C23H23N3O5/c1-5-31-23(28)14-6-8-15(9-7-14)26-21(19-13(2)24-25-20(19)22(26)27)17-11-10-16(29-3)12-18(17)30-4/h6-12,21H,5H2,1-4H3,(H,24,25)/t21-/m1/s1. The van der Waals surface area contributed by atoms with E-state index < -0.39 is 12.0 Å². The summed E-state index contributed by atoms with van der Waals surface area (Å²) < 4.78 is 16.0. The molecule has 1 amide bonds. The number of hydrogen-bond acceptors (Lipinski definition) is 6. The lowest BCUT2D eigenvalue weighted by Gasteiger charge is -2.27. The molecule has 1 aliphatic rings. The minimum atomic E-state index is -0.449. The minimum absolute atomic E-state index is 0.230. The van der Waals surface area contributed by atoms with Crippen LogP contribution in [-0.2, 0) is 4.74 Å². The number of ether oxygens (including phenoxy) is 3. The molecule has 0 saturated carbocycles. The Kier molecular flexibility index (Phi) is 5.37. The van der Waals surface area contributed by atoms with Crippen LogP contribution in [0.4, 0.5) is 5.69 Å². The quantitative estimate of drug-likeness (QED) is 0.611. The number of amides is 1. The van der Waals surface area contributed by atoms with E-state index in [0.717, 1.165) is 16.8 Å². The van der Waals surface area contributed by atoms with Gasteiger partial charge in [-0.15, -0.1) is 0 Å². The molecule has 0 unspecified atom stereocenters. The number of carbonyl (C=O) groups excluding carboxylic acids is 2. The fourth-order valence-corrected chi connectivity index (χ4v) is 3.87. The molecule has 8 nitrogen and oxygen atoms in total. The Balaban J connectivity index is 1.82. The van der Waals surface area contributed by atoms with Gasteiger partial charge in [-0.3, -0.25) is 14.8 Å². The first kappa shape index (κ1) is 20.5. The third-order valence-electron chi connectivity index (χ3n) is 5.34. The molecule has 1 aliphatic heterocycles. The Morgan fingerprint density at radius 2 is 1.87 bits per heavy atom. The Bertz CT molecular complexity index is 1140. The Hall–Kier alpha value is -3.81. The molecular formula is C23H23N3O5. The van der Waals surface area contributed by atoms with Crippen molar-refractivity contribution in [2.75, 3.05) is 25.7 Å². The summed E-state index contributed by atoms with van der Waals surface area (Å²) in [4.78, 5) is 27.0. The third-order valence-corrected chi connectivity index (χ3v) is 5.34. The van der Waals surface area contributed by atoms with Crippen molar-refractivity contribution >= 4 is 17.6 Å². The van der Waals surface area contributed by atoms with Gasteiger partial charge in [-0.2, -0.15) is 5.10 Å². The van der Waals surface area contributed by atoms with Gasteiger partial charge in [-0.1, -0.05) is 0 Å². The van der Waals surface area contributed by atoms with Gasteiger partial charge in [-0.25, -0.2) is 4.79 Å². The zero-order valence-corrected chi connectivity index (χ0v) is 17.8. The molecule has 2 heterocycles. The van der Waals surface area contributed by atoms with Crippen LogP contribution in [0.3, 0.4) is 0 Å². The van der Waals surface area contributed by atoms with Crippen LogP contribution in [0.25, 0.3) is 0 Å². The maximum atomic E-state index is 13.3. The maximum absolute atomic E-state index is 13.3. The van der Waals surface area contributed by atoms with Gasteiger partial charge in [0.15, 0.2) is 5.69 Å². The van der Waals surface area contributed by atoms with Crippen molar-refractivity contribution < 1.29 is 23.8 Å². The molecule has 1 atom stereocenters. The van der Waals surface area contributed by atoms with Gasteiger partial charge >= 0.3 is 5.97 Å². The average Bonchev–Trinajstić information content (AvgIpc) is 3.31. The number of nitrogens with zero attached hydrogens (tertiary/aromatic N) is 2. The summed E-state index contributed by atoms with van der Waals surface area (Å²) in [6.45, 7) is 3.94. The van der Waals surface area contributed by atoms with Crippen molar-refractivity contribution in [3.05, 3.63) is 70.5 Å². The number of methoxy groups -OCH3 is 2. The SMILES string of the molecule is CCOC(=O)c1ccc(N2C(=O)c3n[nH]c(C)c3[C@H]2c2ccc(OC)cc2OC)cc1. The fourth-order valence-electron chi connectivity index (χ4n) is 3.87. The predicted molar refractivity (Wildman–Crippen MR) is 114 cm³/mol. The zero-order valence-electron chi connectivity index (χ0n) is 17.8. The van der Waals surface area contributed by atoms with Crippen molar-refractivity contribution in [1.82, 2.24) is 10.2 Å². The molecule has 0 fully saturated rings. The second-order valence-electron chi connectivity index (χ2n) is 7.06. The van der Waals surface area contributed by atoms with Crippen molar-refractivity contribution in [3.63, 3.8) is 0 Å². The van der Waals surface area contributed by atoms with Crippen molar-refractivity contribution in [2.24, 2.45) is 0 Å². The number of anilines is 1. The summed E-state index contributed by atoms with van der Waals surface area (Å²) in [5.41, 5.74) is 3.83. The lowest BCUT2D eigenvalue weighted by atomic mass is 9.97.